The lowest BCUT2D eigenvalue weighted by atomic mass is 9.75. The summed E-state index contributed by atoms with van der Waals surface area (Å²) in [5.41, 5.74) is 5.93. The first-order valence-corrected chi connectivity index (χ1v) is 5.39. The molecule has 0 saturated heterocycles. The Morgan fingerprint density at radius 3 is 2.57 bits per heavy atom. The molecule has 1 atom stereocenters. The van der Waals surface area contributed by atoms with Crippen LogP contribution in [0.1, 0.15) is 39.0 Å². The van der Waals surface area contributed by atoms with Gasteiger partial charge < -0.3 is 10.5 Å². The smallest absolute Gasteiger partial charge is 0.0838 e. The van der Waals surface area contributed by atoms with Gasteiger partial charge in [-0.15, -0.1) is 12.3 Å². The molecule has 1 unspecified atom stereocenters. The molecule has 0 bridgehead atoms. The minimum absolute atomic E-state index is 0.00926. The van der Waals surface area contributed by atoms with Crippen LogP contribution in [-0.4, -0.2) is 18.8 Å². The van der Waals surface area contributed by atoms with Gasteiger partial charge in [0.1, 0.15) is 0 Å². The third-order valence-electron chi connectivity index (χ3n) is 3.54. The van der Waals surface area contributed by atoms with Crippen molar-refractivity contribution in [2.24, 2.45) is 11.7 Å². The average Bonchev–Trinajstić information content (AvgIpc) is 2.20. The predicted octanol–water partition coefficient (Wildman–Crippen LogP) is 1.93. The minimum Gasteiger partial charge on any atom is -0.377 e. The zero-order valence-corrected chi connectivity index (χ0v) is 9.25. The Hall–Kier alpha value is -0.520. The van der Waals surface area contributed by atoms with Crippen LogP contribution in [0.5, 0.6) is 0 Å². The first kappa shape index (κ1) is 11.6. The molecule has 0 aromatic rings. The van der Waals surface area contributed by atoms with Gasteiger partial charge in [-0.3, -0.25) is 0 Å². The highest BCUT2D eigenvalue weighted by atomic mass is 16.5. The highest BCUT2D eigenvalue weighted by Gasteiger charge is 2.39. The van der Waals surface area contributed by atoms with Gasteiger partial charge in [0.15, 0.2) is 0 Å². The van der Waals surface area contributed by atoms with E-state index in [1.54, 1.807) is 7.11 Å². The summed E-state index contributed by atoms with van der Waals surface area (Å²) in [6, 6.07) is -0.00926. The van der Waals surface area contributed by atoms with Crippen LogP contribution in [0.25, 0.3) is 0 Å². The number of nitrogens with two attached hydrogens (primary N) is 1. The van der Waals surface area contributed by atoms with Gasteiger partial charge in [0.2, 0.25) is 0 Å². The maximum absolute atomic E-state index is 6.08. The monoisotopic (exact) mass is 195 g/mol. The minimum atomic E-state index is -0.154. The van der Waals surface area contributed by atoms with Crippen LogP contribution >= 0.6 is 0 Å². The maximum Gasteiger partial charge on any atom is 0.0838 e. The molecule has 0 amide bonds. The molecule has 0 radical (unpaired) electrons. The van der Waals surface area contributed by atoms with Gasteiger partial charge in [-0.2, -0.15) is 0 Å². The van der Waals surface area contributed by atoms with Crippen LogP contribution in [-0.2, 0) is 4.74 Å². The first-order chi connectivity index (χ1) is 6.64. The van der Waals surface area contributed by atoms with E-state index in [1.165, 1.54) is 12.8 Å². The summed E-state index contributed by atoms with van der Waals surface area (Å²) in [4.78, 5) is 0. The van der Waals surface area contributed by atoms with Gasteiger partial charge in [-0.1, -0.05) is 6.92 Å². The topological polar surface area (TPSA) is 35.2 Å². The molecule has 1 saturated carbocycles. The molecule has 1 aliphatic rings. The molecule has 0 heterocycles. The van der Waals surface area contributed by atoms with Crippen LogP contribution in [0.3, 0.4) is 0 Å². The third-order valence-corrected chi connectivity index (χ3v) is 3.54. The van der Waals surface area contributed by atoms with Crippen molar-refractivity contribution in [3.63, 3.8) is 0 Å². The predicted molar refractivity (Wildman–Crippen MR) is 58.8 cm³/mol. The van der Waals surface area contributed by atoms with E-state index in [9.17, 15) is 0 Å². The van der Waals surface area contributed by atoms with E-state index >= 15 is 0 Å². The number of terminal acetylenes is 1. The first-order valence-electron chi connectivity index (χ1n) is 5.39. The molecule has 1 aliphatic carbocycles. The van der Waals surface area contributed by atoms with E-state index in [2.05, 4.69) is 12.8 Å². The summed E-state index contributed by atoms with van der Waals surface area (Å²) in [7, 11) is 1.76. The van der Waals surface area contributed by atoms with Crippen molar-refractivity contribution >= 4 is 0 Å². The fourth-order valence-electron chi connectivity index (χ4n) is 2.29. The summed E-state index contributed by atoms with van der Waals surface area (Å²) in [5, 5.41) is 0. The molecule has 0 aromatic carbocycles. The normalized spacial score (nSPS) is 34.9. The molecule has 2 heteroatoms. The molecule has 80 valence electrons. The van der Waals surface area contributed by atoms with Crippen molar-refractivity contribution < 1.29 is 4.74 Å². The molecule has 2 nitrogen and oxygen atoms in total. The van der Waals surface area contributed by atoms with Gasteiger partial charge in [0.25, 0.3) is 0 Å². The standard InChI is InChI=1S/C12H21NO/c1-4-5-11(13)12(14-3)8-6-10(2)7-9-12/h1,10-11H,5-9,13H2,2-3H3. The summed E-state index contributed by atoms with van der Waals surface area (Å²) in [6.45, 7) is 2.28. The van der Waals surface area contributed by atoms with E-state index in [0.29, 0.717) is 6.42 Å². The van der Waals surface area contributed by atoms with Gasteiger partial charge in [0, 0.05) is 19.6 Å². The van der Waals surface area contributed by atoms with Crippen molar-refractivity contribution in [1.29, 1.82) is 0 Å². The number of hydrogen-bond donors (Lipinski definition) is 1. The average molecular weight is 195 g/mol. The van der Waals surface area contributed by atoms with E-state index in [1.807, 2.05) is 0 Å². The van der Waals surface area contributed by atoms with E-state index < -0.39 is 0 Å². The van der Waals surface area contributed by atoms with Gasteiger partial charge in [-0.05, 0) is 31.6 Å². The van der Waals surface area contributed by atoms with Crippen LogP contribution in [0.4, 0.5) is 0 Å². The summed E-state index contributed by atoms with van der Waals surface area (Å²) >= 11 is 0. The molecule has 1 rings (SSSR count). The summed E-state index contributed by atoms with van der Waals surface area (Å²) < 4.78 is 5.62. The van der Waals surface area contributed by atoms with E-state index in [-0.39, 0.29) is 11.6 Å². The molecule has 14 heavy (non-hydrogen) atoms. The summed E-state index contributed by atoms with van der Waals surface area (Å²) in [5.74, 6) is 3.43. The summed E-state index contributed by atoms with van der Waals surface area (Å²) in [6.07, 6.45) is 10.4. The van der Waals surface area contributed by atoms with Crippen LogP contribution in [0.2, 0.25) is 0 Å². The molecule has 2 N–H and O–H groups in total. The quantitative estimate of drug-likeness (QED) is 0.698. The number of hydrogen-bond acceptors (Lipinski definition) is 2. The highest BCUT2D eigenvalue weighted by molar-refractivity contribution is 5.01. The lowest BCUT2D eigenvalue weighted by Crippen LogP contribution is -2.51. The van der Waals surface area contributed by atoms with Crippen molar-refractivity contribution in [2.45, 2.75) is 50.7 Å². The Morgan fingerprint density at radius 1 is 1.57 bits per heavy atom. The highest BCUT2D eigenvalue weighted by Crippen LogP contribution is 2.36. The van der Waals surface area contributed by atoms with Crippen molar-refractivity contribution in [1.82, 2.24) is 0 Å². The Balaban J connectivity index is 2.63. The molecule has 0 aromatic heterocycles. The second-order valence-electron chi connectivity index (χ2n) is 4.47. The molecule has 0 aliphatic heterocycles. The van der Waals surface area contributed by atoms with Crippen LogP contribution in [0.15, 0.2) is 0 Å². The fraction of sp³-hybridized carbons (Fsp3) is 0.833. The lowest BCUT2D eigenvalue weighted by Gasteiger charge is -2.42. The van der Waals surface area contributed by atoms with Crippen molar-refractivity contribution in [2.75, 3.05) is 7.11 Å². The largest absolute Gasteiger partial charge is 0.377 e. The zero-order valence-electron chi connectivity index (χ0n) is 9.25. The number of rotatable bonds is 3. The fourth-order valence-corrected chi connectivity index (χ4v) is 2.29. The zero-order chi connectivity index (χ0) is 10.6. The SMILES string of the molecule is C#CCC(N)C1(OC)CCC(C)CC1. The second kappa shape index (κ2) is 4.82. The maximum atomic E-state index is 6.08. The second-order valence-corrected chi connectivity index (χ2v) is 4.47. The Labute approximate surface area is 87.2 Å². The third kappa shape index (κ3) is 2.29. The molecule has 1 fully saturated rings. The van der Waals surface area contributed by atoms with E-state index in [4.69, 9.17) is 16.9 Å². The molecular weight excluding hydrogens is 174 g/mol. The van der Waals surface area contributed by atoms with Crippen LogP contribution < -0.4 is 5.73 Å². The van der Waals surface area contributed by atoms with Gasteiger partial charge >= 0.3 is 0 Å². The van der Waals surface area contributed by atoms with Crippen molar-refractivity contribution in [3.05, 3.63) is 0 Å². The van der Waals surface area contributed by atoms with Crippen molar-refractivity contribution in [3.8, 4) is 12.3 Å². The number of ether oxygens (including phenoxy) is 1. The van der Waals surface area contributed by atoms with Gasteiger partial charge in [-0.25, -0.2) is 0 Å². The number of methoxy groups -OCH3 is 1. The van der Waals surface area contributed by atoms with Crippen LogP contribution in [0, 0.1) is 18.3 Å². The Morgan fingerprint density at radius 2 is 2.14 bits per heavy atom. The van der Waals surface area contributed by atoms with E-state index in [0.717, 1.165) is 18.8 Å². The lowest BCUT2D eigenvalue weighted by molar-refractivity contribution is -0.0649. The molecular formula is C12H21NO. The Bertz CT molecular complexity index is 211. The molecule has 0 spiro atoms. The van der Waals surface area contributed by atoms with Gasteiger partial charge in [0.05, 0.1) is 5.60 Å². The Kier molecular flexibility index (Phi) is 3.97.